The first-order valence-electron chi connectivity index (χ1n) is 5.24. The van der Waals surface area contributed by atoms with Crippen molar-refractivity contribution < 1.29 is 19.4 Å². The van der Waals surface area contributed by atoms with Gasteiger partial charge in [-0.3, -0.25) is 0 Å². The highest BCUT2D eigenvalue weighted by Gasteiger charge is 2.22. The summed E-state index contributed by atoms with van der Waals surface area (Å²) < 4.78 is 5.13. The molecule has 0 spiro atoms. The lowest BCUT2D eigenvalue weighted by Crippen LogP contribution is -2.49. The number of carboxylic acids is 1. The molecule has 0 radical (unpaired) electrons. The van der Waals surface area contributed by atoms with E-state index >= 15 is 0 Å². The van der Waals surface area contributed by atoms with E-state index in [2.05, 4.69) is 5.32 Å². The van der Waals surface area contributed by atoms with Crippen molar-refractivity contribution in [3.05, 3.63) is 0 Å². The first-order valence-corrected chi connectivity index (χ1v) is 5.24. The Kier molecular flexibility index (Phi) is 6.48. The molecule has 2 atom stereocenters. The Labute approximate surface area is 95.6 Å². The summed E-state index contributed by atoms with van der Waals surface area (Å²) in [5.41, 5.74) is 0. The predicted octanol–water partition coefficient (Wildman–Crippen LogP) is 0.526. The Morgan fingerprint density at radius 3 is 2.44 bits per heavy atom. The minimum Gasteiger partial charge on any atom is -0.480 e. The van der Waals surface area contributed by atoms with E-state index in [1.165, 1.54) is 14.0 Å². The number of ether oxygens (including phenoxy) is 1. The second-order valence-electron chi connectivity index (χ2n) is 3.64. The van der Waals surface area contributed by atoms with Crippen LogP contribution in [0.5, 0.6) is 0 Å². The average molecular weight is 232 g/mol. The maximum atomic E-state index is 11.6. The molecule has 0 saturated carbocycles. The van der Waals surface area contributed by atoms with E-state index in [4.69, 9.17) is 9.84 Å². The van der Waals surface area contributed by atoms with E-state index in [9.17, 15) is 9.59 Å². The number of carbonyl (C=O) groups is 2. The summed E-state index contributed by atoms with van der Waals surface area (Å²) in [5, 5.41) is 11.4. The fraction of sp³-hybridized carbons (Fsp3) is 0.800. The molecule has 0 aromatic rings. The molecule has 0 fully saturated rings. The summed E-state index contributed by atoms with van der Waals surface area (Å²) in [6, 6.07) is -1.41. The quantitative estimate of drug-likeness (QED) is 0.700. The average Bonchev–Trinajstić information content (AvgIpc) is 2.23. The molecule has 0 aromatic heterocycles. The number of amides is 2. The van der Waals surface area contributed by atoms with Crippen LogP contribution in [0.15, 0.2) is 0 Å². The zero-order chi connectivity index (χ0) is 12.7. The van der Waals surface area contributed by atoms with Gasteiger partial charge in [-0.05, 0) is 20.8 Å². The summed E-state index contributed by atoms with van der Waals surface area (Å²) in [4.78, 5) is 23.4. The predicted molar refractivity (Wildman–Crippen MR) is 59.3 cm³/mol. The van der Waals surface area contributed by atoms with Gasteiger partial charge in [-0.15, -0.1) is 0 Å². The summed E-state index contributed by atoms with van der Waals surface area (Å²) >= 11 is 0. The van der Waals surface area contributed by atoms with E-state index < -0.39 is 18.0 Å². The summed E-state index contributed by atoms with van der Waals surface area (Å²) in [6.07, 6.45) is 0. The van der Waals surface area contributed by atoms with Gasteiger partial charge in [-0.1, -0.05) is 0 Å². The number of aliphatic carboxylic acids is 1. The number of carboxylic acid groups (broad SMARTS) is 1. The molecule has 0 aliphatic heterocycles. The Morgan fingerprint density at radius 2 is 2.00 bits per heavy atom. The minimum atomic E-state index is -1.03. The number of nitrogens with one attached hydrogen (secondary N) is 1. The van der Waals surface area contributed by atoms with Crippen molar-refractivity contribution in [2.45, 2.75) is 32.9 Å². The van der Waals surface area contributed by atoms with Gasteiger partial charge in [0.05, 0.1) is 12.6 Å². The lowest BCUT2D eigenvalue weighted by atomic mass is 10.3. The molecule has 0 rings (SSSR count). The van der Waals surface area contributed by atoms with Crippen LogP contribution < -0.4 is 5.32 Å². The largest absolute Gasteiger partial charge is 0.480 e. The number of hydrogen-bond donors (Lipinski definition) is 2. The van der Waals surface area contributed by atoms with Gasteiger partial charge in [-0.2, -0.15) is 0 Å². The second kappa shape index (κ2) is 7.05. The van der Waals surface area contributed by atoms with Crippen LogP contribution in [0.25, 0.3) is 0 Å². The van der Waals surface area contributed by atoms with Crippen LogP contribution >= 0.6 is 0 Å². The molecule has 16 heavy (non-hydrogen) atoms. The molecule has 2 unspecified atom stereocenters. The molecule has 6 nitrogen and oxygen atoms in total. The number of hydrogen-bond acceptors (Lipinski definition) is 3. The van der Waals surface area contributed by atoms with Crippen LogP contribution in [0.3, 0.4) is 0 Å². The highest BCUT2D eigenvalue weighted by molar-refractivity contribution is 5.82. The van der Waals surface area contributed by atoms with Gasteiger partial charge < -0.3 is 20.1 Å². The molecule has 2 amide bonds. The smallest absolute Gasteiger partial charge is 0.326 e. The molecule has 0 heterocycles. The van der Waals surface area contributed by atoms with Gasteiger partial charge in [0.2, 0.25) is 0 Å². The van der Waals surface area contributed by atoms with Gasteiger partial charge in [0.25, 0.3) is 0 Å². The first-order chi connectivity index (χ1) is 7.40. The number of urea groups is 1. The van der Waals surface area contributed by atoms with Crippen LogP contribution in [0.1, 0.15) is 20.8 Å². The SMILES string of the molecule is CCOCC(C)NC(=O)N(C)C(C)C(=O)O. The third kappa shape index (κ3) is 4.97. The topological polar surface area (TPSA) is 78.9 Å². The maximum Gasteiger partial charge on any atom is 0.326 e. The van der Waals surface area contributed by atoms with Crippen molar-refractivity contribution in [3.63, 3.8) is 0 Å². The number of carbonyl (C=O) groups excluding carboxylic acids is 1. The Hall–Kier alpha value is -1.30. The fourth-order valence-corrected chi connectivity index (χ4v) is 0.990. The molecule has 0 saturated heterocycles. The molecule has 0 aliphatic rings. The van der Waals surface area contributed by atoms with E-state index in [-0.39, 0.29) is 6.04 Å². The molecule has 94 valence electrons. The van der Waals surface area contributed by atoms with Gasteiger partial charge >= 0.3 is 12.0 Å². The second-order valence-corrected chi connectivity index (χ2v) is 3.64. The van der Waals surface area contributed by atoms with Crippen LogP contribution in [-0.2, 0) is 9.53 Å². The lowest BCUT2D eigenvalue weighted by molar-refractivity contribution is -0.141. The van der Waals surface area contributed by atoms with Crippen molar-refractivity contribution in [3.8, 4) is 0 Å². The van der Waals surface area contributed by atoms with Gasteiger partial charge in [0, 0.05) is 13.7 Å². The normalized spacial score (nSPS) is 14.0. The summed E-state index contributed by atoms with van der Waals surface area (Å²) in [5.74, 6) is -1.03. The molecule has 0 aliphatic carbocycles. The maximum absolute atomic E-state index is 11.6. The summed E-state index contributed by atoms with van der Waals surface area (Å²) in [6.45, 7) is 6.12. The Balaban J connectivity index is 4.09. The zero-order valence-corrected chi connectivity index (χ0v) is 10.2. The van der Waals surface area contributed by atoms with Crippen LogP contribution in [0, 0.1) is 0 Å². The zero-order valence-electron chi connectivity index (χ0n) is 10.2. The molecule has 6 heteroatoms. The third-order valence-electron chi connectivity index (χ3n) is 2.20. The Morgan fingerprint density at radius 1 is 1.44 bits per heavy atom. The van der Waals surface area contributed by atoms with Gasteiger partial charge in [0.1, 0.15) is 6.04 Å². The molecule has 2 N–H and O–H groups in total. The van der Waals surface area contributed by atoms with Crippen molar-refractivity contribution in [2.24, 2.45) is 0 Å². The molecule has 0 aromatic carbocycles. The standard InChI is InChI=1S/C10H20N2O4/c1-5-16-6-7(2)11-10(15)12(4)8(3)9(13)14/h7-8H,5-6H2,1-4H3,(H,11,15)(H,13,14). The Bertz CT molecular complexity index is 245. The number of rotatable bonds is 6. The number of likely N-dealkylation sites (N-methyl/N-ethyl adjacent to an activating group) is 1. The van der Waals surface area contributed by atoms with Gasteiger partial charge in [-0.25, -0.2) is 9.59 Å². The van der Waals surface area contributed by atoms with E-state index in [0.29, 0.717) is 13.2 Å². The van der Waals surface area contributed by atoms with Crippen molar-refractivity contribution >= 4 is 12.0 Å². The third-order valence-corrected chi connectivity index (χ3v) is 2.20. The van der Waals surface area contributed by atoms with E-state index in [1.54, 1.807) is 6.92 Å². The fourth-order valence-electron chi connectivity index (χ4n) is 0.990. The van der Waals surface area contributed by atoms with Crippen LogP contribution in [0.2, 0.25) is 0 Å². The molecular formula is C10H20N2O4. The lowest BCUT2D eigenvalue weighted by Gasteiger charge is -2.24. The van der Waals surface area contributed by atoms with Crippen LogP contribution in [-0.4, -0.2) is 54.4 Å². The van der Waals surface area contributed by atoms with E-state index in [0.717, 1.165) is 4.90 Å². The number of nitrogens with zero attached hydrogens (tertiary/aromatic N) is 1. The van der Waals surface area contributed by atoms with E-state index in [1.807, 2.05) is 6.92 Å². The first kappa shape index (κ1) is 14.7. The summed E-state index contributed by atoms with van der Waals surface area (Å²) in [7, 11) is 1.45. The highest BCUT2D eigenvalue weighted by atomic mass is 16.5. The molecule has 0 bridgehead atoms. The van der Waals surface area contributed by atoms with Crippen LogP contribution in [0.4, 0.5) is 4.79 Å². The van der Waals surface area contributed by atoms with Crippen molar-refractivity contribution in [1.82, 2.24) is 10.2 Å². The monoisotopic (exact) mass is 232 g/mol. The molecular weight excluding hydrogens is 212 g/mol. The van der Waals surface area contributed by atoms with Crippen molar-refractivity contribution in [2.75, 3.05) is 20.3 Å². The minimum absolute atomic E-state index is 0.143. The van der Waals surface area contributed by atoms with Gasteiger partial charge in [0.15, 0.2) is 0 Å². The highest BCUT2D eigenvalue weighted by Crippen LogP contribution is 1.97. The van der Waals surface area contributed by atoms with Crippen molar-refractivity contribution in [1.29, 1.82) is 0 Å².